The maximum atomic E-state index is 13.1. The van der Waals surface area contributed by atoms with E-state index in [9.17, 15) is 9.18 Å². The van der Waals surface area contributed by atoms with Crippen LogP contribution in [-0.4, -0.2) is 45.6 Å². The largest absolute Gasteiger partial charge is 0.368 e. The molecule has 0 unspecified atom stereocenters. The molecule has 156 valence electrons. The summed E-state index contributed by atoms with van der Waals surface area (Å²) in [4.78, 5) is 27.7. The Morgan fingerprint density at radius 1 is 1.13 bits per heavy atom. The van der Waals surface area contributed by atoms with E-state index in [2.05, 4.69) is 25.6 Å². The number of rotatable bonds is 8. The number of para-hydroxylation sites is 1. The summed E-state index contributed by atoms with van der Waals surface area (Å²) in [5.74, 6) is 0.223. The van der Waals surface area contributed by atoms with Crippen molar-refractivity contribution in [1.82, 2.24) is 19.9 Å². The molecule has 0 saturated heterocycles. The van der Waals surface area contributed by atoms with Crippen molar-refractivity contribution in [1.29, 1.82) is 0 Å². The fraction of sp³-hybridized carbons (Fsp3) is 0.200. The monoisotopic (exact) mass is 427 g/mol. The van der Waals surface area contributed by atoms with Gasteiger partial charge < -0.3 is 16.4 Å². The third kappa shape index (κ3) is 6.13. The lowest BCUT2D eigenvalue weighted by Crippen LogP contribution is -2.30. The van der Waals surface area contributed by atoms with Crippen LogP contribution in [-0.2, 0) is 11.3 Å². The van der Waals surface area contributed by atoms with Crippen molar-refractivity contribution in [3.63, 3.8) is 0 Å². The van der Waals surface area contributed by atoms with E-state index in [1.54, 1.807) is 35.8 Å². The third-order valence-corrected chi connectivity index (χ3v) is 4.80. The number of nitrogens with two attached hydrogens (primary N) is 1. The summed E-state index contributed by atoms with van der Waals surface area (Å²) in [7, 11) is 1.78. The fourth-order valence-electron chi connectivity index (χ4n) is 2.71. The van der Waals surface area contributed by atoms with Crippen LogP contribution in [0.3, 0.4) is 0 Å². The van der Waals surface area contributed by atoms with Gasteiger partial charge in [-0.25, -0.2) is 4.39 Å². The summed E-state index contributed by atoms with van der Waals surface area (Å²) in [6.07, 6.45) is 1.96. The van der Waals surface area contributed by atoms with E-state index in [1.807, 2.05) is 30.5 Å². The molecule has 0 bridgehead atoms. The fourth-order valence-corrected chi connectivity index (χ4v) is 3.26. The topological polar surface area (TPSA) is 109 Å². The van der Waals surface area contributed by atoms with Crippen molar-refractivity contribution < 1.29 is 9.18 Å². The van der Waals surface area contributed by atoms with E-state index < -0.39 is 0 Å². The SMILES string of the molecule is CSc1ccccc1NC(=O)CN(C)Cc1nc(N)nc(Nc2ccc(F)cc2)n1. The molecule has 2 aromatic carbocycles. The molecule has 0 atom stereocenters. The van der Waals surface area contributed by atoms with Crippen molar-refractivity contribution in [3.8, 4) is 0 Å². The number of halogens is 1. The highest BCUT2D eigenvalue weighted by Crippen LogP contribution is 2.24. The van der Waals surface area contributed by atoms with Gasteiger partial charge in [0.2, 0.25) is 17.8 Å². The van der Waals surface area contributed by atoms with Crippen molar-refractivity contribution >= 4 is 40.9 Å². The van der Waals surface area contributed by atoms with E-state index in [0.29, 0.717) is 18.1 Å². The van der Waals surface area contributed by atoms with Gasteiger partial charge >= 0.3 is 0 Å². The minimum atomic E-state index is -0.337. The molecule has 4 N–H and O–H groups in total. The Hall–Kier alpha value is -3.24. The molecule has 1 heterocycles. The standard InChI is InChI=1S/C20H22FN7OS/c1-28(12-18(29)24-15-5-3-4-6-16(15)30-2)11-17-25-19(22)27-20(26-17)23-14-9-7-13(21)8-10-14/h3-10H,11-12H2,1-2H3,(H,24,29)(H3,22,23,25,26,27). The van der Waals surface area contributed by atoms with E-state index in [1.165, 1.54) is 12.1 Å². The number of thioether (sulfide) groups is 1. The van der Waals surface area contributed by atoms with Crippen molar-refractivity contribution in [2.45, 2.75) is 11.4 Å². The maximum Gasteiger partial charge on any atom is 0.238 e. The lowest BCUT2D eigenvalue weighted by atomic mass is 10.3. The van der Waals surface area contributed by atoms with Crippen molar-refractivity contribution in [2.24, 2.45) is 0 Å². The van der Waals surface area contributed by atoms with Crippen molar-refractivity contribution in [2.75, 3.05) is 36.2 Å². The zero-order chi connectivity index (χ0) is 21.5. The van der Waals surface area contributed by atoms with E-state index in [4.69, 9.17) is 5.73 Å². The minimum absolute atomic E-state index is 0.0522. The second kappa shape index (κ2) is 9.99. The zero-order valence-electron chi connectivity index (χ0n) is 16.6. The molecular weight excluding hydrogens is 405 g/mol. The number of amides is 1. The van der Waals surface area contributed by atoms with Crippen LogP contribution in [0.5, 0.6) is 0 Å². The van der Waals surface area contributed by atoms with E-state index in [-0.39, 0.29) is 30.2 Å². The first-order chi connectivity index (χ1) is 14.4. The number of anilines is 4. The Labute approximate surface area is 178 Å². The highest BCUT2D eigenvalue weighted by Gasteiger charge is 2.12. The van der Waals surface area contributed by atoms with E-state index in [0.717, 1.165) is 10.6 Å². The number of carbonyl (C=O) groups excluding carboxylic acids is 1. The van der Waals surface area contributed by atoms with Gasteiger partial charge in [0.05, 0.1) is 18.8 Å². The molecule has 0 radical (unpaired) electrons. The average Bonchev–Trinajstić information content (AvgIpc) is 2.69. The summed E-state index contributed by atoms with van der Waals surface area (Å²) in [5, 5.41) is 5.88. The normalized spacial score (nSPS) is 10.8. The molecule has 1 aromatic heterocycles. The van der Waals surface area contributed by atoms with Crippen LogP contribution in [0.2, 0.25) is 0 Å². The second-order valence-corrected chi connectivity index (χ2v) is 7.33. The van der Waals surface area contributed by atoms with Crippen molar-refractivity contribution in [3.05, 3.63) is 60.2 Å². The summed E-state index contributed by atoms with van der Waals surface area (Å²) in [6.45, 7) is 0.442. The van der Waals surface area contributed by atoms with Gasteiger partial charge in [0.15, 0.2) is 0 Å². The first-order valence-corrected chi connectivity index (χ1v) is 10.3. The second-order valence-electron chi connectivity index (χ2n) is 6.49. The number of aromatic nitrogens is 3. The molecule has 0 fully saturated rings. The Balaban J connectivity index is 1.61. The lowest BCUT2D eigenvalue weighted by molar-refractivity contribution is -0.117. The van der Waals surface area contributed by atoms with Gasteiger partial charge in [-0.3, -0.25) is 9.69 Å². The van der Waals surface area contributed by atoms with Gasteiger partial charge in [0.25, 0.3) is 0 Å². The Kier molecular flexibility index (Phi) is 7.15. The zero-order valence-corrected chi connectivity index (χ0v) is 17.4. The number of hydrogen-bond acceptors (Lipinski definition) is 8. The number of nitrogens with zero attached hydrogens (tertiary/aromatic N) is 4. The molecule has 0 saturated carbocycles. The van der Waals surface area contributed by atoms with E-state index >= 15 is 0 Å². The number of nitrogens with one attached hydrogen (secondary N) is 2. The Morgan fingerprint density at radius 3 is 2.60 bits per heavy atom. The summed E-state index contributed by atoms with van der Waals surface area (Å²) >= 11 is 1.57. The van der Waals surface area contributed by atoms with Gasteiger partial charge in [0.1, 0.15) is 11.6 Å². The average molecular weight is 428 g/mol. The molecule has 0 aliphatic carbocycles. The predicted molar refractivity (Wildman–Crippen MR) is 117 cm³/mol. The van der Waals surface area contributed by atoms with Crippen LogP contribution in [0.25, 0.3) is 0 Å². The van der Waals surface area contributed by atoms with Crippen LogP contribution in [0.15, 0.2) is 53.4 Å². The summed E-state index contributed by atoms with van der Waals surface area (Å²) in [6, 6.07) is 13.4. The molecule has 8 nitrogen and oxygen atoms in total. The Morgan fingerprint density at radius 2 is 1.87 bits per heavy atom. The number of likely N-dealkylation sites (N-methyl/N-ethyl adjacent to an activating group) is 1. The van der Waals surface area contributed by atoms with Gasteiger partial charge in [-0.2, -0.15) is 15.0 Å². The molecule has 3 aromatic rings. The number of carbonyl (C=O) groups is 1. The van der Waals surface area contributed by atoms with Crippen LogP contribution in [0, 0.1) is 5.82 Å². The summed E-state index contributed by atoms with van der Waals surface area (Å²) < 4.78 is 13.1. The van der Waals surface area contributed by atoms with Crippen LogP contribution >= 0.6 is 11.8 Å². The summed E-state index contributed by atoms with van der Waals surface area (Å²) in [5.41, 5.74) is 7.18. The minimum Gasteiger partial charge on any atom is -0.368 e. The van der Waals surface area contributed by atoms with Gasteiger partial charge in [-0.05, 0) is 49.7 Å². The van der Waals surface area contributed by atoms with Crippen LogP contribution in [0.4, 0.5) is 27.7 Å². The third-order valence-electron chi connectivity index (χ3n) is 4.01. The van der Waals surface area contributed by atoms with Crippen LogP contribution in [0.1, 0.15) is 5.82 Å². The molecule has 1 amide bonds. The number of benzene rings is 2. The molecule has 0 spiro atoms. The number of nitrogen functional groups attached to an aromatic ring is 1. The molecule has 0 aliphatic heterocycles. The Bertz CT molecular complexity index is 1020. The quantitative estimate of drug-likeness (QED) is 0.471. The van der Waals surface area contributed by atoms with Gasteiger partial charge in [-0.15, -0.1) is 11.8 Å². The first kappa shape index (κ1) is 21.5. The molecule has 3 rings (SSSR count). The lowest BCUT2D eigenvalue weighted by Gasteiger charge is -2.16. The highest BCUT2D eigenvalue weighted by molar-refractivity contribution is 7.98. The smallest absolute Gasteiger partial charge is 0.238 e. The maximum absolute atomic E-state index is 13.1. The molecule has 0 aliphatic rings. The van der Waals surface area contributed by atoms with Gasteiger partial charge in [-0.1, -0.05) is 12.1 Å². The predicted octanol–water partition coefficient (Wildman–Crippen LogP) is 3.13. The highest BCUT2D eigenvalue weighted by atomic mass is 32.2. The van der Waals surface area contributed by atoms with Crippen LogP contribution < -0.4 is 16.4 Å². The van der Waals surface area contributed by atoms with Gasteiger partial charge in [0, 0.05) is 10.6 Å². The number of hydrogen-bond donors (Lipinski definition) is 3. The molecule has 30 heavy (non-hydrogen) atoms. The molecular formula is C20H22FN7OS. The first-order valence-electron chi connectivity index (χ1n) is 9.07. The molecule has 10 heteroatoms.